The van der Waals surface area contributed by atoms with E-state index in [0.29, 0.717) is 5.52 Å². The number of aryl methyl sites for hydroxylation is 2. The van der Waals surface area contributed by atoms with E-state index in [1.54, 1.807) is 0 Å². The van der Waals surface area contributed by atoms with E-state index in [-0.39, 0.29) is 19.1 Å². The van der Waals surface area contributed by atoms with E-state index in [4.69, 9.17) is 4.74 Å². The zero-order valence-corrected chi connectivity index (χ0v) is 15.4. The topological polar surface area (TPSA) is 86.1 Å². The van der Waals surface area contributed by atoms with E-state index < -0.39 is 5.97 Å². The normalized spacial score (nSPS) is 10.7. The number of carbonyl (C=O) groups is 2. The van der Waals surface area contributed by atoms with Crippen molar-refractivity contribution < 1.29 is 14.3 Å². The fourth-order valence-electron chi connectivity index (χ4n) is 2.93. The van der Waals surface area contributed by atoms with Gasteiger partial charge in [0.15, 0.2) is 6.61 Å². The molecule has 0 aliphatic rings. The summed E-state index contributed by atoms with van der Waals surface area (Å²) in [6.45, 7) is 3.63. The zero-order valence-electron chi connectivity index (χ0n) is 15.4. The quantitative estimate of drug-likeness (QED) is 0.650. The molecule has 0 unspecified atom stereocenters. The zero-order chi connectivity index (χ0) is 19.2. The van der Waals surface area contributed by atoms with E-state index in [0.717, 1.165) is 35.2 Å². The first-order valence-electron chi connectivity index (χ1n) is 8.96. The van der Waals surface area contributed by atoms with Crippen molar-refractivity contribution in [1.29, 1.82) is 0 Å². The van der Waals surface area contributed by atoms with E-state index >= 15 is 0 Å². The Kier molecular flexibility index (Phi) is 5.80. The number of benzene rings is 2. The molecule has 1 heterocycles. The Bertz CT molecular complexity index is 943. The number of aromatic nitrogens is 3. The molecule has 0 saturated heterocycles. The van der Waals surface area contributed by atoms with Gasteiger partial charge in [-0.15, -0.1) is 5.10 Å². The van der Waals surface area contributed by atoms with Gasteiger partial charge in [-0.3, -0.25) is 9.59 Å². The van der Waals surface area contributed by atoms with Crippen LogP contribution in [0.2, 0.25) is 0 Å². The lowest BCUT2D eigenvalue weighted by atomic mass is 10.0. The summed E-state index contributed by atoms with van der Waals surface area (Å²) in [5.74, 6) is -0.900. The molecule has 0 atom stereocenters. The minimum Gasteiger partial charge on any atom is -0.454 e. The molecule has 2 aromatic carbocycles. The van der Waals surface area contributed by atoms with Crippen LogP contribution in [0.1, 0.15) is 25.0 Å². The molecule has 3 rings (SSSR count). The van der Waals surface area contributed by atoms with Crippen molar-refractivity contribution in [2.75, 3.05) is 11.9 Å². The van der Waals surface area contributed by atoms with Crippen molar-refractivity contribution in [3.05, 3.63) is 53.6 Å². The van der Waals surface area contributed by atoms with Gasteiger partial charge in [-0.05, 0) is 36.1 Å². The number of carbonyl (C=O) groups excluding carboxylic acids is 2. The van der Waals surface area contributed by atoms with Crippen LogP contribution in [0.15, 0.2) is 42.5 Å². The van der Waals surface area contributed by atoms with Crippen LogP contribution in [-0.4, -0.2) is 33.5 Å². The Hall–Kier alpha value is -3.22. The molecule has 1 N–H and O–H groups in total. The third-order valence-electron chi connectivity index (χ3n) is 4.33. The number of nitrogens with one attached hydrogen (secondary N) is 1. The maximum absolute atomic E-state index is 12.2. The summed E-state index contributed by atoms with van der Waals surface area (Å²) < 4.78 is 6.56. The van der Waals surface area contributed by atoms with Gasteiger partial charge in [0.1, 0.15) is 12.1 Å². The molecule has 0 radical (unpaired) electrons. The van der Waals surface area contributed by atoms with Gasteiger partial charge >= 0.3 is 5.97 Å². The van der Waals surface area contributed by atoms with Crippen molar-refractivity contribution in [3.63, 3.8) is 0 Å². The molecular weight excluding hydrogens is 344 g/mol. The molecular formula is C20H22N4O3. The number of nitrogens with zero attached hydrogens (tertiary/aromatic N) is 3. The van der Waals surface area contributed by atoms with Gasteiger partial charge in [0.05, 0.1) is 5.52 Å². The molecule has 1 amide bonds. The van der Waals surface area contributed by atoms with Crippen molar-refractivity contribution in [2.24, 2.45) is 0 Å². The molecule has 7 heteroatoms. The van der Waals surface area contributed by atoms with Crippen LogP contribution in [0.25, 0.3) is 11.0 Å². The highest BCUT2D eigenvalue weighted by Crippen LogP contribution is 2.22. The molecule has 0 spiro atoms. The first-order chi connectivity index (χ1) is 13.1. The summed E-state index contributed by atoms with van der Waals surface area (Å²) in [6.07, 6.45) is 1.62. The minimum absolute atomic E-state index is 0.0977. The highest BCUT2D eigenvalue weighted by Gasteiger charge is 2.14. The molecule has 0 bridgehead atoms. The third-order valence-corrected chi connectivity index (χ3v) is 4.33. The maximum atomic E-state index is 12.2. The van der Waals surface area contributed by atoms with Crippen LogP contribution >= 0.6 is 0 Å². The summed E-state index contributed by atoms with van der Waals surface area (Å²) in [4.78, 5) is 24.3. The molecule has 27 heavy (non-hydrogen) atoms. The second kappa shape index (κ2) is 8.44. The summed E-state index contributed by atoms with van der Waals surface area (Å²) >= 11 is 0. The van der Waals surface area contributed by atoms with Gasteiger partial charge in [-0.2, -0.15) is 0 Å². The van der Waals surface area contributed by atoms with Crippen molar-refractivity contribution >= 4 is 28.6 Å². The first kappa shape index (κ1) is 18.6. The van der Waals surface area contributed by atoms with Crippen LogP contribution in [0.3, 0.4) is 0 Å². The Labute approximate surface area is 157 Å². The maximum Gasteiger partial charge on any atom is 0.328 e. The molecule has 140 valence electrons. The number of hydrogen-bond donors (Lipinski definition) is 1. The highest BCUT2D eigenvalue weighted by atomic mass is 16.5. The predicted octanol–water partition coefficient (Wildman–Crippen LogP) is 2.74. The Morgan fingerprint density at radius 3 is 2.44 bits per heavy atom. The largest absolute Gasteiger partial charge is 0.454 e. The van der Waals surface area contributed by atoms with Gasteiger partial charge in [-0.25, -0.2) is 4.68 Å². The number of hydrogen-bond acceptors (Lipinski definition) is 5. The number of anilines is 1. The van der Waals surface area contributed by atoms with E-state index in [1.165, 1.54) is 4.68 Å². The minimum atomic E-state index is -0.541. The SMILES string of the molecule is CCc1cccc(CC)c1NC(=O)COC(=O)Cn1nnc2ccccc21. The monoisotopic (exact) mass is 366 g/mol. The number of esters is 1. The summed E-state index contributed by atoms with van der Waals surface area (Å²) in [5, 5.41) is 10.8. The fourth-order valence-corrected chi connectivity index (χ4v) is 2.93. The van der Waals surface area contributed by atoms with E-state index in [1.807, 2.05) is 56.3 Å². The third kappa shape index (κ3) is 4.31. The molecule has 3 aromatic rings. The average Bonchev–Trinajstić information content (AvgIpc) is 3.09. The van der Waals surface area contributed by atoms with Gasteiger partial charge in [-0.1, -0.05) is 49.4 Å². The number of fused-ring (bicyclic) bond motifs is 1. The lowest BCUT2D eigenvalue weighted by molar-refractivity contribution is -0.148. The van der Waals surface area contributed by atoms with Crippen LogP contribution in [0.4, 0.5) is 5.69 Å². The van der Waals surface area contributed by atoms with E-state index in [2.05, 4.69) is 15.6 Å². The van der Waals surface area contributed by atoms with Crippen LogP contribution in [-0.2, 0) is 33.7 Å². The lowest BCUT2D eigenvalue weighted by Crippen LogP contribution is -2.24. The van der Waals surface area contributed by atoms with Crippen LogP contribution < -0.4 is 5.32 Å². The molecule has 0 fully saturated rings. The number of rotatable bonds is 7. The second-order valence-electron chi connectivity index (χ2n) is 6.10. The van der Waals surface area contributed by atoms with Gasteiger partial charge in [0.2, 0.25) is 0 Å². The van der Waals surface area contributed by atoms with Crippen molar-refractivity contribution in [2.45, 2.75) is 33.2 Å². The smallest absolute Gasteiger partial charge is 0.328 e. The van der Waals surface area contributed by atoms with Crippen molar-refractivity contribution in [3.8, 4) is 0 Å². The van der Waals surface area contributed by atoms with E-state index in [9.17, 15) is 9.59 Å². The number of para-hydroxylation sites is 2. The molecule has 0 saturated carbocycles. The summed E-state index contributed by atoms with van der Waals surface area (Å²) in [5.41, 5.74) is 4.37. The summed E-state index contributed by atoms with van der Waals surface area (Å²) in [7, 11) is 0. The lowest BCUT2D eigenvalue weighted by Gasteiger charge is -2.14. The highest BCUT2D eigenvalue weighted by molar-refractivity contribution is 5.94. The Morgan fingerprint density at radius 2 is 1.74 bits per heavy atom. The Morgan fingerprint density at radius 1 is 1.04 bits per heavy atom. The molecule has 1 aromatic heterocycles. The van der Waals surface area contributed by atoms with Crippen molar-refractivity contribution in [1.82, 2.24) is 15.0 Å². The number of amides is 1. The van der Waals surface area contributed by atoms with Gasteiger partial charge in [0.25, 0.3) is 5.91 Å². The molecule has 0 aliphatic carbocycles. The van der Waals surface area contributed by atoms with Crippen LogP contribution in [0, 0.1) is 0 Å². The Balaban J connectivity index is 1.59. The second-order valence-corrected chi connectivity index (χ2v) is 6.10. The van der Waals surface area contributed by atoms with Crippen LogP contribution in [0.5, 0.6) is 0 Å². The molecule has 0 aliphatic heterocycles. The average molecular weight is 366 g/mol. The summed E-state index contributed by atoms with van der Waals surface area (Å²) in [6, 6.07) is 13.3. The van der Waals surface area contributed by atoms with Gasteiger partial charge in [0, 0.05) is 5.69 Å². The first-order valence-corrected chi connectivity index (χ1v) is 8.96. The standard InChI is InChI=1S/C20H22N4O3/c1-3-14-8-7-9-15(4-2)20(14)21-18(25)13-27-19(26)12-24-17-11-6-5-10-16(17)22-23-24/h5-11H,3-4,12-13H2,1-2H3,(H,21,25). The van der Waals surface area contributed by atoms with Gasteiger partial charge < -0.3 is 10.1 Å². The molecule has 7 nitrogen and oxygen atoms in total. The predicted molar refractivity (Wildman–Crippen MR) is 102 cm³/mol. The number of ether oxygens (including phenoxy) is 1. The fraction of sp³-hybridized carbons (Fsp3) is 0.300.